The lowest BCUT2D eigenvalue weighted by Gasteiger charge is -2.11. The van der Waals surface area contributed by atoms with Crippen molar-refractivity contribution in [2.45, 2.75) is 13.8 Å². The van der Waals surface area contributed by atoms with Crippen LogP contribution in [0.5, 0.6) is 0 Å². The van der Waals surface area contributed by atoms with Gasteiger partial charge in [0.25, 0.3) is 5.91 Å². The summed E-state index contributed by atoms with van der Waals surface area (Å²) in [6.45, 7) is 3.38. The van der Waals surface area contributed by atoms with Gasteiger partial charge in [0.2, 0.25) is 5.91 Å². The molecule has 0 fully saturated rings. The molecule has 0 aliphatic carbocycles. The summed E-state index contributed by atoms with van der Waals surface area (Å²) in [5, 5.41) is 8.40. The monoisotopic (exact) mass is 405 g/mol. The number of carbonyl (C=O) groups excluding carboxylic acids is 2. The Labute approximate surface area is 154 Å². The van der Waals surface area contributed by atoms with Crippen LogP contribution in [0.4, 0.5) is 11.4 Å². The fraction of sp³-hybridized carbons (Fsp3) is 0.118. The molecular formula is C17H16BrN3O2S. The topological polar surface area (TPSA) is 70.2 Å². The molecule has 0 aliphatic heterocycles. The van der Waals surface area contributed by atoms with E-state index in [1.54, 1.807) is 36.4 Å². The fourth-order valence-corrected chi connectivity index (χ4v) is 2.54. The van der Waals surface area contributed by atoms with Gasteiger partial charge in [-0.25, -0.2) is 0 Å². The molecule has 0 spiro atoms. The van der Waals surface area contributed by atoms with Crippen LogP contribution in [0.2, 0.25) is 0 Å². The largest absolute Gasteiger partial charge is 0.332 e. The average molecular weight is 406 g/mol. The molecule has 5 nitrogen and oxygen atoms in total. The summed E-state index contributed by atoms with van der Waals surface area (Å²) in [5.41, 5.74) is 2.85. The molecule has 24 heavy (non-hydrogen) atoms. The molecule has 7 heteroatoms. The van der Waals surface area contributed by atoms with E-state index in [0.717, 1.165) is 10.0 Å². The number of carbonyl (C=O) groups is 2. The van der Waals surface area contributed by atoms with Gasteiger partial charge < -0.3 is 10.6 Å². The van der Waals surface area contributed by atoms with Crippen molar-refractivity contribution < 1.29 is 9.59 Å². The molecule has 0 saturated carbocycles. The van der Waals surface area contributed by atoms with Crippen molar-refractivity contribution >= 4 is 56.4 Å². The first kappa shape index (κ1) is 18.1. The minimum absolute atomic E-state index is 0.159. The highest BCUT2D eigenvalue weighted by atomic mass is 79.9. The molecule has 0 unspecified atom stereocenters. The Kier molecular flexibility index (Phi) is 6.05. The lowest BCUT2D eigenvalue weighted by molar-refractivity contribution is -0.114. The van der Waals surface area contributed by atoms with E-state index < -0.39 is 0 Å². The molecule has 124 valence electrons. The number of thiocarbonyl (C=S) groups is 1. The highest BCUT2D eigenvalue weighted by Crippen LogP contribution is 2.18. The number of anilines is 2. The van der Waals surface area contributed by atoms with Crippen molar-refractivity contribution in [1.29, 1.82) is 0 Å². The minimum atomic E-state index is -0.300. The second-order valence-electron chi connectivity index (χ2n) is 5.13. The van der Waals surface area contributed by atoms with Gasteiger partial charge in [0.05, 0.1) is 0 Å². The van der Waals surface area contributed by atoms with Gasteiger partial charge >= 0.3 is 0 Å². The van der Waals surface area contributed by atoms with Crippen LogP contribution in [0.15, 0.2) is 46.9 Å². The van der Waals surface area contributed by atoms with Crippen LogP contribution in [0.3, 0.4) is 0 Å². The quantitative estimate of drug-likeness (QED) is 0.678. The highest BCUT2D eigenvalue weighted by Gasteiger charge is 2.09. The summed E-state index contributed by atoms with van der Waals surface area (Å²) in [6, 6.07) is 12.4. The second kappa shape index (κ2) is 8.03. The van der Waals surface area contributed by atoms with Crippen LogP contribution in [0.1, 0.15) is 22.8 Å². The molecule has 0 aromatic heterocycles. The zero-order valence-electron chi connectivity index (χ0n) is 13.1. The number of benzene rings is 2. The molecule has 2 amide bonds. The molecule has 2 aromatic carbocycles. The van der Waals surface area contributed by atoms with Crippen molar-refractivity contribution in [2.75, 3.05) is 10.6 Å². The van der Waals surface area contributed by atoms with Gasteiger partial charge in [-0.1, -0.05) is 28.1 Å². The summed E-state index contributed by atoms with van der Waals surface area (Å²) in [6.07, 6.45) is 0. The van der Waals surface area contributed by atoms with Crippen molar-refractivity contribution in [3.05, 3.63) is 58.1 Å². The molecule has 2 rings (SSSR count). The number of nitrogens with one attached hydrogen (secondary N) is 3. The maximum absolute atomic E-state index is 12.2. The zero-order chi connectivity index (χ0) is 17.7. The van der Waals surface area contributed by atoms with Gasteiger partial charge in [-0.2, -0.15) is 0 Å². The van der Waals surface area contributed by atoms with E-state index in [-0.39, 0.29) is 16.9 Å². The first-order chi connectivity index (χ1) is 11.3. The van der Waals surface area contributed by atoms with Gasteiger partial charge in [0.1, 0.15) is 0 Å². The third-order valence-corrected chi connectivity index (χ3v) is 4.16. The summed E-state index contributed by atoms with van der Waals surface area (Å²) in [4.78, 5) is 23.3. The smallest absolute Gasteiger partial charge is 0.257 e. The molecule has 0 bridgehead atoms. The van der Waals surface area contributed by atoms with Gasteiger partial charge in [0.15, 0.2) is 5.11 Å². The van der Waals surface area contributed by atoms with Crippen molar-refractivity contribution in [3.63, 3.8) is 0 Å². The predicted octanol–water partition coefficient (Wildman–Crippen LogP) is 3.84. The molecule has 3 N–H and O–H groups in total. The SMILES string of the molecule is CC(=O)Nc1cccc(NC(=S)NC(=O)c2ccc(C)c(Br)c2)c1. The van der Waals surface area contributed by atoms with Crippen LogP contribution in [-0.2, 0) is 4.79 Å². The molecule has 2 aromatic rings. The zero-order valence-corrected chi connectivity index (χ0v) is 15.5. The number of hydrogen-bond donors (Lipinski definition) is 3. The number of rotatable bonds is 3. The first-order valence-corrected chi connectivity index (χ1v) is 8.31. The molecule has 0 heterocycles. The highest BCUT2D eigenvalue weighted by molar-refractivity contribution is 9.10. The second-order valence-corrected chi connectivity index (χ2v) is 6.40. The van der Waals surface area contributed by atoms with Crippen LogP contribution in [0, 0.1) is 6.92 Å². The van der Waals surface area contributed by atoms with Crippen LogP contribution >= 0.6 is 28.1 Å². The molecule has 0 atom stereocenters. The van der Waals surface area contributed by atoms with Crippen molar-refractivity contribution in [1.82, 2.24) is 5.32 Å². The maximum Gasteiger partial charge on any atom is 0.257 e. The van der Waals surface area contributed by atoms with Gasteiger partial charge in [-0.3, -0.25) is 14.9 Å². The van der Waals surface area contributed by atoms with E-state index in [4.69, 9.17) is 12.2 Å². The maximum atomic E-state index is 12.2. The first-order valence-electron chi connectivity index (χ1n) is 7.11. The van der Waals surface area contributed by atoms with Crippen LogP contribution < -0.4 is 16.0 Å². The Morgan fingerprint density at radius 2 is 1.71 bits per heavy atom. The van der Waals surface area contributed by atoms with E-state index in [1.165, 1.54) is 6.92 Å². The number of halogens is 1. The number of hydrogen-bond acceptors (Lipinski definition) is 3. The lowest BCUT2D eigenvalue weighted by atomic mass is 10.1. The van der Waals surface area contributed by atoms with E-state index in [1.807, 2.05) is 13.0 Å². The van der Waals surface area contributed by atoms with E-state index in [2.05, 4.69) is 31.9 Å². The summed E-state index contributed by atoms with van der Waals surface area (Å²) >= 11 is 8.56. The summed E-state index contributed by atoms with van der Waals surface area (Å²) < 4.78 is 0.858. The van der Waals surface area contributed by atoms with E-state index >= 15 is 0 Å². The van der Waals surface area contributed by atoms with Crippen molar-refractivity contribution in [2.24, 2.45) is 0 Å². The Hall–Kier alpha value is -2.25. The molecule has 0 radical (unpaired) electrons. The molecule has 0 saturated heterocycles. The lowest BCUT2D eigenvalue weighted by Crippen LogP contribution is -2.34. The van der Waals surface area contributed by atoms with Gasteiger partial charge in [-0.15, -0.1) is 0 Å². The van der Waals surface area contributed by atoms with Crippen LogP contribution in [0.25, 0.3) is 0 Å². The third kappa shape index (κ3) is 5.14. The van der Waals surface area contributed by atoms with E-state index in [9.17, 15) is 9.59 Å². The number of amides is 2. The minimum Gasteiger partial charge on any atom is -0.332 e. The number of aryl methyl sites for hydroxylation is 1. The van der Waals surface area contributed by atoms with Gasteiger partial charge in [-0.05, 0) is 55.0 Å². The summed E-state index contributed by atoms with van der Waals surface area (Å²) in [5.74, 6) is -0.459. The third-order valence-electron chi connectivity index (χ3n) is 3.10. The normalized spacial score (nSPS) is 9.96. The fourth-order valence-electron chi connectivity index (χ4n) is 1.95. The average Bonchev–Trinajstić information content (AvgIpc) is 2.49. The van der Waals surface area contributed by atoms with Gasteiger partial charge in [0, 0.05) is 28.3 Å². The molecular weight excluding hydrogens is 390 g/mol. The van der Waals surface area contributed by atoms with Crippen LogP contribution in [-0.4, -0.2) is 16.9 Å². The standard InChI is InChI=1S/C17H16BrN3O2S/c1-10-6-7-12(8-15(10)18)16(23)21-17(24)20-14-5-3-4-13(9-14)19-11(2)22/h3-9H,1-2H3,(H,19,22)(H2,20,21,23,24). The van der Waals surface area contributed by atoms with Crippen molar-refractivity contribution in [3.8, 4) is 0 Å². The summed E-state index contributed by atoms with van der Waals surface area (Å²) in [7, 11) is 0. The predicted molar refractivity (Wildman–Crippen MR) is 103 cm³/mol. The Morgan fingerprint density at radius 3 is 2.33 bits per heavy atom. The molecule has 0 aliphatic rings. The van der Waals surface area contributed by atoms with E-state index in [0.29, 0.717) is 16.9 Å². The Morgan fingerprint density at radius 1 is 1.04 bits per heavy atom. The Bertz CT molecular complexity index is 808. The Balaban J connectivity index is 2.01.